The van der Waals surface area contributed by atoms with Crippen LogP contribution in [0.4, 0.5) is 0 Å². The van der Waals surface area contributed by atoms with Crippen LogP contribution in [0.3, 0.4) is 0 Å². The molecule has 0 bridgehead atoms. The first-order valence-electron chi connectivity index (χ1n) is 5.59. The standard InChI is InChI=1S/C14H14ClNO/c1-2-12-8-13(5-6-14(12)15)17-10-11-4-3-7-16-9-11/h3-9H,2,10H2,1H3. The van der Waals surface area contributed by atoms with Gasteiger partial charge in [-0.15, -0.1) is 0 Å². The van der Waals surface area contributed by atoms with Gasteiger partial charge in [0.15, 0.2) is 0 Å². The summed E-state index contributed by atoms with van der Waals surface area (Å²) in [6, 6.07) is 9.64. The highest BCUT2D eigenvalue weighted by Gasteiger charge is 2.01. The molecule has 0 aliphatic heterocycles. The fourth-order valence-corrected chi connectivity index (χ4v) is 1.81. The lowest BCUT2D eigenvalue weighted by Crippen LogP contribution is -1.96. The van der Waals surface area contributed by atoms with Gasteiger partial charge >= 0.3 is 0 Å². The molecule has 2 rings (SSSR count). The Morgan fingerprint density at radius 2 is 2.18 bits per heavy atom. The van der Waals surface area contributed by atoms with Gasteiger partial charge in [0.1, 0.15) is 12.4 Å². The third-order valence-corrected chi connectivity index (χ3v) is 2.90. The maximum absolute atomic E-state index is 6.05. The molecule has 0 amide bonds. The van der Waals surface area contributed by atoms with E-state index in [1.807, 2.05) is 30.3 Å². The van der Waals surface area contributed by atoms with Gasteiger partial charge in [0, 0.05) is 23.0 Å². The molecule has 3 heteroatoms. The number of pyridine rings is 1. The van der Waals surface area contributed by atoms with E-state index < -0.39 is 0 Å². The Morgan fingerprint density at radius 1 is 1.29 bits per heavy atom. The van der Waals surface area contributed by atoms with Gasteiger partial charge in [0.05, 0.1) is 0 Å². The van der Waals surface area contributed by atoms with Crippen molar-refractivity contribution in [2.75, 3.05) is 0 Å². The van der Waals surface area contributed by atoms with Crippen LogP contribution in [0.15, 0.2) is 42.7 Å². The van der Waals surface area contributed by atoms with Crippen LogP contribution in [0.25, 0.3) is 0 Å². The molecule has 0 atom stereocenters. The lowest BCUT2D eigenvalue weighted by molar-refractivity contribution is 0.305. The van der Waals surface area contributed by atoms with E-state index in [9.17, 15) is 0 Å². The summed E-state index contributed by atoms with van der Waals surface area (Å²) in [6.07, 6.45) is 4.46. The summed E-state index contributed by atoms with van der Waals surface area (Å²) in [6.45, 7) is 2.60. The van der Waals surface area contributed by atoms with Crippen LogP contribution in [0.5, 0.6) is 5.75 Å². The molecule has 0 saturated heterocycles. The number of aryl methyl sites for hydroxylation is 1. The van der Waals surface area contributed by atoms with Crippen LogP contribution in [-0.2, 0) is 13.0 Å². The number of hydrogen-bond acceptors (Lipinski definition) is 2. The van der Waals surface area contributed by atoms with Crippen LogP contribution in [-0.4, -0.2) is 4.98 Å². The van der Waals surface area contributed by atoms with E-state index in [0.717, 1.165) is 28.3 Å². The number of nitrogens with zero attached hydrogens (tertiary/aromatic N) is 1. The van der Waals surface area contributed by atoms with E-state index in [2.05, 4.69) is 11.9 Å². The number of halogens is 1. The quantitative estimate of drug-likeness (QED) is 0.818. The molecular formula is C14H14ClNO. The minimum Gasteiger partial charge on any atom is -0.489 e. The molecule has 1 aromatic heterocycles. The monoisotopic (exact) mass is 247 g/mol. The second kappa shape index (κ2) is 5.69. The Labute approximate surface area is 106 Å². The van der Waals surface area contributed by atoms with Crippen molar-refractivity contribution < 1.29 is 4.74 Å². The first-order chi connectivity index (χ1) is 8.29. The highest BCUT2D eigenvalue weighted by Crippen LogP contribution is 2.23. The molecule has 0 fully saturated rings. The van der Waals surface area contributed by atoms with E-state index in [0.29, 0.717) is 6.61 Å². The van der Waals surface area contributed by atoms with Gasteiger partial charge in [0.2, 0.25) is 0 Å². The van der Waals surface area contributed by atoms with E-state index in [-0.39, 0.29) is 0 Å². The summed E-state index contributed by atoms with van der Waals surface area (Å²) in [7, 11) is 0. The van der Waals surface area contributed by atoms with Crippen molar-refractivity contribution in [3.63, 3.8) is 0 Å². The zero-order valence-corrected chi connectivity index (χ0v) is 10.4. The van der Waals surface area contributed by atoms with Crippen LogP contribution in [0.2, 0.25) is 5.02 Å². The number of ether oxygens (including phenoxy) is 1. The van der Waals surface area contributed by atoms with Gasteiger partial charge in [-0.1, -0.05) is 24.6 Å². The zero-order chi connectivity index (χ0) is 12.1. The minimum atomic E-state index is 0.526. The van der Waals surface area contributed by atoms with Gasteiger partial charge < -0.3 is 4.74 Å². The Balaban J connectivity index is 2.04. The maximum Gasteiger partial charge on any atom is 0.120 e. The lowest BCUT2D eigenvalue weighted by atomic mass is 10.1. The maximum atomic E-state index is 6.05. The second-order valence-electron chi connectivity index (χ2n) is 3.76. The molecular weight excluding hydrogens is 234 g/mol. The molecule has 0 aliphatic carbocycles. The van der Waals surface area contributed by atoms with E-state index in [1.54, 1.807) is 12.4 Å². The number of aromatic nitrogens is 1. The third kappa shape index (κ3) is 3.21. The number of hydrogen-bond donors (Lipinski definition) is 0. The summed E-state index contributed by atoms with van der Waals surface area (Å²) >= 11 is 6.05. The molecule has 1 aromatic carbocycles. The molecule has 0 saturated carbocycles. The normalized spacial score (nSPS) is 10.2. The van der Waals surface area contributed by atoms with Crippen molar-refractivity contribution in [3.05, 3.63) is 58.9 Å². The second-order valence-corrected chi connectivity index (χ2v) is 4.16. The molecule has 0 unspecified atom stereocenters. The molecule has 2 aromatic rings. The van der Waals surface area contributed by atoms with Crippen molar-refractivity contribution in [2.45, 2.75) is 20.0 Å². The molecule has 1 heterocycles. The van der Waals surface area contributed by atoms with Crippen LogP contribution in [0.1, 0.15) is 18.1 Å². The summed E-state index contributed by atoms with van der Waals surface area (Å²) in [5.41, 5.74) is 2.16. The molecule has 0 N–H and O–H groups in total. The SMILES string of the molecule is CCc1cc(OCc2cccnc2)ccc1Cl. The molecule has 0 radical (unpaired) electrons. The summed E-state index contributed by atoms with van der Waals surface area (Å²) in [4.78, 5) is 4.04. The first kappa shape index (κ1) is 11.9. The largest absolute Gasteiger partial charge is 0.489 e. The van der Waals surface area contributed by atoms with Gasteiger partial charge in [-0.05, 0) is 36.2 Å². The average Bonchev–Trinajstić information content (AvgIpc) is 2.39. The predicted molar refractivity (Wildman–Crippen MR) is 69.4 cm³/mol. The molecule has 17 heavy (non-hydrogen) atoms. The minimum absolute atomic E-state index is 0.526. The van der Waals surface area contributed by atoms with Crippen molar-refractivity contribution >= 4 is 11.6 Å². The van der Waals surface area contributed by atoms with Crippen LogP contribution < -0.4 is 4.74 Å². The van der Waals surface area contributed by atoms with Crippen LogP contribution >= 0.6 is 11.6 Å². The smallest absolute Gasteiger partial charge is 0.120 e. The van der Waals surface area contributed by atoms with Gasteiger partial charge in [-0.2, -0.15) is 0 Å². The van der Waals surface area contributed by atoms with Crippen molar-refractivity contribution in [1.82, 2.24) is 4.98 Å². The average molecular weight is 248 g/mol. The van der Waals surface area contributed by atoms with E-state index in [1.165, 1.54) is 0 Å². The molecule has 88 valence electrons. The topological polar surface area (TPSA) is 22.1 Å². The Hall–Kier alpha value is -1.54. The highest BCUT2D eigenvalue weighted by molar-refractivity contribution is 6.31. The Bertz CT molecular complexity index is 485. The predicted octanol–water partition coefficient (Wildman–Crippen LogP) is 3.88. The van der Waals surface area contributed by atoms with Crippen molar-refractivity contribution in [1.29, 1.82) is 0 Å². The highest BCUT2D eigenvalue weighted by atomic mass is 35.5. The van der Waals surface area contributed by atoms with E-state index >= 15 is 0 Å². The molecule has 2 nitrogen and oxygen atoms in total. The summed E-state index contributed by atoms with van der Waals surface area (Å²) in [5, 5.41) is 0.793. The van der Waals surface area contributed by atoms with Gasteiger partial charge in [-0.25, -0.2) is 0 Å². The summed E-state index contributed by atoms with van der Waals surface area (Å²) in [5.74, 6) is 0.843. The van der Waals surface area contributed by atoms with Gasteiger partial charge in [-0.3, -0.25) is 4.98 Å². The molecule has 0 aliphatic rings. The summed E-state index contributed by atoms with van der Waals surface area (Å²) < 4.78 is 5.69. The Morgan fingerprint density at radius 3 is 2.88 bits per heavy atom. The Kier molecular flexibility index (Phi) is 3.99. The number of rotatable bonds is 4. The van der Waals surface area contributed by atoms with Crippen LogP contribution in [0, 0.1) is 0 Å². The fraction of sp³-hybridized carbons (Fsp3) is 0.214. The number of benzene rings is 1. The molecule has 0 spiro atoms. The van der Waals surface area contributed by atoms with E-state index in [4.69, 9.17) is 16.3 Å². The van der Waals surface area contributed by atoms with Gasteiger partial charge in [0.25, 0.3) is 0 Å². The zero-order valence-electron chi connectivity index (χ0n) is 9.69. The fourth-order valence-electron chi connectivity index (χ4n) is 1.56. The third-order valence-electron chi connectivity index (χ3n) is 2.53. The van der Waals surface area contributed by atoms with Crippen molar-refractivity contribution in [3.8, 4) is 5.75 Å². The first-order valence-corrected chi connectivity index (χ1v) is 5.97. The van der Waals surface area contributed by atoms with Crippen molar-refractivity contribution in [2.24, 2.45) is 0 Å². The lowest BCUT2D eigenvalue weighted by Gasteiger charge is -2.08.